The third-order valence-corrected chi connectivity index (χ3v) is 8.16. The second-order valence-corrected chi connectivity index (χ2v) is 11.3. The SMILES string of the molecule is CN1CCCC1CCN(Cc1ccc(-c2noc(=O)[nH]2)c(C(F)(F)F)c1)c1nc2ccc(C(F)(F)F)cc2s1.O=C(O)C(F)(F)F. The highest BCUT2D eigenvalue weighted by Crippen LogP contribution is 2.38. The summed E-state index contributed by atoms with van der Waals surface area (Å²) in [6.45, 7) is 1.44. The highest BCUT2D eigenvalue weighted by atomic mass is 32.1. The van der Waals surface area contributed by atoms with Crippen molar-refractivity contribution in [3.63, 3.8) is 0 Å². The Balaban J connectivity index is 0.000000617. The number of aromatic amines is 1. The van der Waals surface area contributed by atoms with E-state index < -0.39 is 41.4 Å². The molecule has 2 aromatic heterocycles. The van der Waals surface area contributed by atoms with Crippen molar-refractivity contribution in [2.24, 2.45) is 0 Å². The molecule has 250 valence electrons. The Labute approximate surface area is 257 Å². The summed E-state index contributed by atoms with van der Waals surface area (Å²) in [5, 5.41) is 10.9. The number of anilines is 1. The lowest BCUT2D eigenvalue weighted by molar-refractivity contribution is -0.192. The average molecular weight is 686 g/mol. The first-order valence-corrected chi connectivity index (χ1v) is 14.1. The molecule has 19 heteroatoms. The molecule has 2 aromatic carbocycles. The summed E-state index contributed by atoms with van der Waals surface area (Å²) >= 11 is 1.07. The number of rotatable bonds is 7. The van der Waals surface area contributed by atoms with E-state index >= 15 is 0 Å². The van der Waals surface area contributed by atoms with Crippen molar-refractivity contribution in [3.05, 3.63) is 63.6 Å². The molecule has 1 unspecified atom stereocenters. The Bertz CT molecular complexity index is 1730. The zero-order valence-electron chi connectivity index (χ0n) is 23.6. The Hall–Kier alpha value is -4.13. The molecule has 0 spiro atoms. The van der Waals surface area contributed by atoms with Crippen LogP contribution in [0.25, 0.3) is 21.6 Å². The van der Waals surface area contributed by atoms with Gasteiger partial charge in [0.15, 0.2) is 11.0 Å². The van der Waals surface area contributed by atoms with Crippen molar-refractivity contribution < 1.29 is 53.9 Å². The second-order valence-electron chi connectivity index (χ2n) is 10.3. The predicted octanol–water partition coefficient (Wildman–Crippen LogP) is 6.80. The summed E-state index contributed by atoms with van der Waals surface area (Å²) < 4.78 is 118. The summed E-state index contributed by atoms with van der Waals surface area (Å²) in [6.07, 6.45) is -11.6. The highest BCUT2D eigenvalue weighted by molar-refractivity contribution is 7.22. The number of halogens is 9. The van der Waals surface area contributed by atoms with Crippen LogP contribution in [0, 0.1) is 0 Å². The fraction of sp³-hybridized carbons (Fsp3) is 0.407. The van der Waals surface area contributed by atoms with E-state index in [4.69, 9.17) is 9.90 Å². The van der Waals surface area contributed by atoms with Gasteiger partial charge in [-0.15, -0.1) is 0 Å². The number of carboxylic acid groups (broad SMARTS) is 1. The van der Waals surface area contributed by atoms with Crippen molar-refractivity contribution in [3.8, 4) is 11.4 Å². The van der Waals surface area contributed by atoms with Crippen LogP contribution in [0.5, 0.6) is 0 Å². The number of alkyl halides is 9. The first-order chi connectivity index (χ1) is 21.3. The van der Waals surface area contributed by atoms with Gasteiger partial charge in [-0.1, -0.05) is 28.6 Å². The molecule has 4 aromatic rings. The summed E-state index contributed by atoms with van der Waals surface area (Å²) in [4.78, 5) is 30.9. The van der Waals surface area contributed by atoms with Gasteiger partial charge in [-0.25, -0.2) is 14.6 Å². The molecule has 5 rings (SSSR count). The monoisotopic (exact) mass is 685 g/mol. The van der Waals surface area contributed by atoms with E-state index in [0.29, 0.717) is 33.9 Å². The molecule has 0 amide bonds. The summed E-state index contributed by atoms with van der Waals surface area (Å²) in [7, 11) is 2.01. The van der Waals surface area contributed by atoms with Gasteiger partial charge in [0, 0.05) is 24.7 Å². The van der Waals surface area contributed by atoms with Crippen molar-refractivity contribution in [1.29, 1.82) is 0 Å². The number of carboxylic acids is 1. The lowest BCUT2D eigenvalue weighted by atomic mass is 10.0. The van der Waals surface area contributed by atoms with E-state index in [2.05, 4.69) is 24.5 Å². The molecule has 2 N–H and O–H groups in total. The minimum absolute atomic E-state index is 0.0427. The van der Waals surface area contributed by atoms with Crippen LogP contribution in [0.1, 0.15) is 36.0 Å². The van der Waals surface area contributed by atoms with E-state index in [9.17, 15) is 44.3 Å². The highest BCUT2D eigenvalue weighted by Gasteiger charge is 2.38. The zero-order chi connectivity index (χ0) is 34.0. The number of likely N-dealkylation sites (tertiary alicyclic amines) is 1. The minimum atomic E-state index is -5.08. The lowest BCUT2D eigenvalue weighted by Crippen LogP contribution is -2.31. The molecular weight excluding hydrogens is 661 g/mol. The van der Waals surface area contributed by atoms with Crippen molar-refractivity contribution in [2.75, 3.05) is 25.0 Å². The maximum atomic E-state index is 14.0. The Morgan fingerprint density at radius 3 is 2.33 bits per heavy atom. The molecule has 0 aliphatic carbocycles. The molecule has 46 heavy (non-hydrogen) atoms. The molecule has 0 radical (unpaired) electrons. The first-order valence-electron chi connectivity index (χ1n) is 13.3. The third kappa shape index (κ3) is 8.56. The Morgan fingerprint density at radius 2 is 1.78 bits per heavy atom. The van der Waals surface area contributed by atoms with Crippen molar-refractivity contribution in [2.45, 2.75) is 50.4 Å². The molecule has 3 heterocycles. The summed E-state index contributed by atoms with van der Waals surface area (Å²) in [5.41, 5.74) is -1.44. The summed E-state index contributed by atoms with van der Waals surface area (Å²) in [5.74, 6) is -4.08. The van der Waals surface area contributed by atoms with Gasteiger partial charge < -0.3 is 14.9 Å². The number of nitrogens with one attached hydrogen (secondary N) is 1. The maximum absolute atomic E-state index is 14.0. The predicted molar refractivity (Wildman–Crippen MR) is 147 cm³/mol. The summed E-state index contributed by atoms with van der Waals surface area (Å²) in [6, 6.07) is 7.27. The van der Waals surface area contributed by atoms with Crippen LogP contribution in [0.3, 0.4) is 0 Å². The van der Waals surface area contributed by atoms with E-state index in [-0.39, 0.29) is 24.0 Å². The van der Waals surface area contributed by atoms with Gasteiger partial charge in [0.25, 0.3) is 0 Å². The maximum Gasteiger partial charge on any atom is 0.490 e. The fourth-order valence-corrected chi connectivity index (χ4v) is 5.84. The number of aliphatic carboxylic acids is 1. The van der Waals surface area contributed by atoms with Gasteiger partial charge in [-0.2, -0.15) is 39.5 Å². The van der Waals surface area contributed by atoms with Gasteiger partial charge in [-0.3, -0.25) is 9.51 Å². The van der Waals surface area contributed by atoms with Crippen LogP contribution in [0.4, 0.5) is 44.6 Å². The molecule has 1 aliphatic heterocycles. The number of aromatic nitrogens is 3. The van der Waals surface area contributed by atoms with E-state index in [1.165, 1.54) is 18.2 Å². The van der Waals surface area contributed by atoms with E-state index in [1.54, 1.807) is 4.90 Å². The second kappa shape index (κ2) is 13.3. The first kappa shape index (κ1) is 34.7. The number of carbonyl (C=O) groups is 1. The number of H-pyrrole nitrogens is 1. The topological polar surface area (TPSA) is 116 Å². The number of thiazole rings is 1. The zero-order valence-corrected chi connectivity index (χ0v) is 24.4. The molecule has 1 saturated heterocycles. The van der Waals surface area contributed by atoms with Crippen LogP contribution in [-0.2, 0) is 23.7 Å². The van der Waals surface area contributed by atoms with Crippen LogP contribution >= 0.6 is 11.3 Å². The third-order valence-electron chi connectivity index (χ3n) is 7.08. The number of fused-ring (bicyclic) bond motifs is 1. The number of benzene rings is 2. The lowest BCUT2D eigenvalue weighted by Gasteiger charge is -2.26. The Morgan fingerprint density at radius 1 is 1.09 bits per heavy atom. The molecule has 1 fully saturated rings. The van der Waals surface area contributed by atoms with Gasteiger partial charge in [0.05, 0.1) is 21.3 Å². The number of hydrogen-bond acceptors (Lipinski definition) is 8. The van der Waals surface area contributed by atoms with Gasteiger partial charge in [0.1, 0.15) is 0 Å². The van der Waals surface area contributed by atoms with Gasteiger partial charge in [0.2, 0.25) is 0 Å². The van der Waals surface area contributed by atoms with E-state index in [0.717, 1.165) is 48.9 Å². The average Bonchev–Trinajstić information content (AvgIpc) is 3.69. The molecule has 0 bridgehead atoms. The number of nitrogens with zero attached hydrogens (tertiary/aromatic N) is 4. The largest absolute Gasteiger partial charge is 0.490 e. The minimum Gasteiger partial charge on any atom is -0.475 e. The van der Waals surface area contributed by atoms with E-state index in [1.807, 2.05) is 7.05 Å². The fourth-order valence-electron chi connectivity index (χ4n) is 4.81. The molecule has 9 nitrogen and oxygen atoms in total. The standard InChI is InChI=1S/C25H23F6N5O2S.C2HF3O2/c1-35-9-2-3-16(35)8-10-36(22-32-19-7-5-15(24(26,27)28)12-20(19)39-22)13-14-4-6-17(18(11-14)25(29,30)31)21-33-23(37)38-34-21;3-2(4,5)1(6)7/h4-7,11-12,16H,2-3,8-10,13H2,1H3,(H,33,34,37);(H,6,7). The van der Waals surface area contributed by atoms with Crippen LogP contribution in [-0.4, -0.2) is 63.5 Å². The molecule has 1 atom stereocenters. The quantitative estimate of drug-likeness (QED) is 0.204. The van der Waals surface area contributed by atoms with Gasteiger partial charge >= 0.3 is 30.3 Å². The van der Waals surface area contributed by atoms with Crippen LogP contribution in [0.2, 0.25) is 0 Å². The van der Waals surface area contributed by atoms with Crippen molar-refractivity contribution in [1.82, 2.24) is 20.0 Å². The van der Waals surface area contributed by atoms with Crippen LogP contribution < -0.4 is 10.7 Å². The molecule has 1 aliphatic rings. The normalized spacial score (nSPS) is 16.0. The van der Waals surface area contributed by atoms with Gasteiger partial charge in [-0.05, 0) is 62.7 Å². The Kier molecular flexibility index (Phi) is 10.0. The van der Waals surface area contributed by atoms with Crippen LogP contribution in [0.15, 0.2) is 45.7 Å². The molecule has 0 saturated carbocycles. The van der Waals surface area contributed by atoms with Crippen molar-refractivity contribution >= 4 is 32.7 Å². The smallest absolute Gasteiger partial charge is 0.475 e. The molecular formula is C27H24F9N5O4S. The number of hydrogen-bond donors (Lipinski definition) is 2.